The molecule has 2 fully saturated rings. The average molecular weight is 298 g/mol. The van der Waals surface area contributed by atoms with Crippen molar-refractivity contribution in [3.63, 3.8) is 0 Å². The first kappa shape index (κ1) is 13.8. The highest BCUT2D eigenvalue weighted by molar-refractivity contribution is 5.87. The molecule has 1 aromatic carbocycles. The first-order valence-electron chi connectivity index (χ1n) is 8.19. The van der Waals surface area contributed by atoms with Crippen molar-refractivity contribution in [3.8, 4) is 0 Å². The number of likely N-dealkylation sites (tertiary alicyclic amines) is 1. The Hall–Kier alpha value is -1.88. The number of carbonyl (C=O) groups is 1. The van der Waals surface area contributed by atoms with Gasteiger partial charge in [-0.05, 0) is 44.2 Å². The topological polar surface area (TPSA) is 75.0 Å². The predicted molar refractivity (Wildman–Crippen MR) is 85.4 cm³/mol. The smallest absolute Gasteiger partial charge is 0.242 e. The van der Waals surface area contributed by atoms with Gasteiger partial charge in [0.15, 0.2) is 0 Å². The van der Waals surface area contributed by atoms with Gasteiger partial charge in [0.2, 0.25) is 5.91 Å². The van der Waals surface area contributed by atoms with E-state index < -0.39 is 5.54 Å². The van der Waals surface area contributed by atoms with Gasteiger partial charge >= 0.3 is 0 Å². The van der Waals surface area contributed by atoms with E-state index in [1.807, 2.05) is 29.2 Å². The maximum absolute atomic E-state index is 12.6. The fourth-order valence-corrected chi connectivity index (χ4v) is 3.64. The molecule has 5 heteroatoms. The molecule has 2 heterocycles. The summed E-state index contributed by atoms with van der Waals surface area (Å²) in [5, 5.41) is 0. The molecule has 4 rings (SSSR count). The predicted octanol–water partition coefficient (Wildman–Crippen LogP) is 2.15. The van der Waals surface area contributed by atoms with E-state index in [1.165, 1.54) is 0 Å². The van der Waals surface area contributed by atoms with Gasteiger partial charge in [0, 0.05) is 19.0 Å². The SMILES string of the molecule is NC1(C(=O)N2CCCC(c3nc4ccccc4[nH]3)C2)CCC1. The monoisotopic (exact) mass is 298 g/mol. The fourth-order valence-electron chi connectivity index (χ4n) is 3.64. The second-order valence-electron chi connectivity index (χ2n) is 6.74. The first-order valence-corrected chi connectivity index (χ1v) is 8.19. The number of amides is 1. The van der Waals surface area contributed by atoms with E-state index in [4.69, 9.17) is 10.7 Å². The lowest BCUT2D eigenvalue weighted by Crippen LogP contribution is -2.60. The number of piperidine rings is 1. The van der Waals surface area contributed by atoms with Crippen molar-refractivity contribution in [3.05, 3.63) is 30.1 Å². The highest BCUT2D eigenvalue weighted by Gasteiger charge is 2.43. The molecular formula is C17H22N4O. The maximum atomic E-state index is 12.6. The molecule has 1 aliphatic heterocycles. The van der Waals surface area contributed by atoms with Gasteiger partial charge in [-0.3, -0.25) is 4.79 Å². The second-order valence-corrected chi connectivity index (χ2v) is 6.74. The first-order chi connectivity index (χ1) is 10.7. The van der Waals surface area contributed by atoms with Crippen LogP contribution in [0.25, 0.3) is 11.0 Å². The zero-order valence-electron chi connectivity index (χ0n) is 12.7. The summed E-state index contributed by atoms with van der Waals surface area (Å²) in [4.78, 5) is 22.7. The van der Waals surface area contributed by atoms with Gasteiger partial charge < -0.3 is 15.6 Å². The third-order valence-electron chi connectivity index (χ3n) is 5.17. The van der Waals surface area contributed by atoms with E-state index in [1.54, 1.807) is 0 Å². The summed E-state index contributed by atoms with van der Waals surface area (Å²) < 4.78 is 0. The molecule has 0 bridgehead atoms. The molecule has 1 aromatic heterocycles. The van der Waals surface area contributed by atoms with Crippen molar-refractivity contribution < 1.29 is 4.79 Å². The summed E-state index contributed by atoms with van der Waals surface area (Å²) in [6, 6.07) is 8.07. The maximum Gasteiger partial charge on any atom is 0.242 e. The summed E-state index contributed by atoms with van der Waals surface area (Å²) >= 11 is 0. The minimum atomic E-state index is -0.588. The van der Waals surface area contributed by atoms with Crippen LogP contribution in [0.3, 0.4) is 0 Å². The molecular weight excluding hydrogens is 276 g/mol. The zero-order valence-corrected chi connectivity index (χ0v) is 12.7. The molecule has 116 valence electrons. The molecule has 1 aliphatic carbocycles. The number of nitrogens with two attached hydrogens (primary N) is 1. The lowest BCUT2D eigenvalue weighted by molar-refractivity contribution is -0.141. The van der Waals surface area contributed by atoms with Crippen molar-refractivity contribution in [1.82, 2.24) is 14.9 Å². The van der Waals surface area contributed by atoms with E-state index >= 15 is 0 Å². The number of aromatic amines is 1. The number of rotatable bonds is 2. The van der Waals surface area contributed by atoms with Crippen LogP contribution >= 0.6 is 0 Å². The number of hydrogen-bond acceptors (Lipinski definition) is 3. The van der Waals surface area contributed by atoms with Gasteiger partial charge in [-0.15, -0.1) is 0 Å². The third kappa shape index (κ3) is 2.20. The largest absolute Gasteiger partial charge is 0.342 e. The Labute approximate surface area is 129 Å². The minimum Gasteiger partial charge on any atom is -0.342 e. The van der Waals surface area contributed by atoms with Crippen molar-refractivity contribution in [1.29, 1.82) is 0 Å². The van der Waals surface area contributed by atoms with Gasteiger partial charge in [0.25, 0.3) is 0 Å². The lowest BCUT2D eigenvalue weighted by Gasteiger charge is -2.42. The number of benzene rings is 1. The molecule has 1 atom stereocenters. The molecule has 0 spiro atoms. The summed E-state index contributed by atoms with van der Waals surface area (Å²) in [6.45, 7) is 1.56. The normalized spacial score (nSPS) is 24.2. The summed E-state index contributed by atoms with van der Waals surface area (Å²) in [6.07, 6.45) is 4.82. The number of H-pyrrole nitrogens is 1. The Morgan fingerprint density at radius 1 is 1.32 bits per heavy atom. The van der Waals surface area contributed by atoms with Crippen LogP contribution in [0.15, 0.2) is 24.3 Å². The van der Waals surface area contributed by atoms with E-state index in [-0.39, 0.29) is 11.8 Å². The van der Waals surface area contributed by atoms with Crippen LogP contribution in [0, 0.1) is 0 Å². The molecule has 3 N–H and O–H groups in total. The number of hydrogen-bond donors (Lipinski definition) is 2. The Bertz CT molecular complexity index is 671. The number of nitrogens with zero attached hydrogens (tertiary/aromatic N) is 2. The van der Waals surface area contributed by atoms with Gasteiger partial charge in [0.1, 0.15) is 5.82 Å². The van der Waals surface area contributed by atoms with Crippen molar-refractivity contribution in [2.75, 3.05) is 13.1 Å². The Balaban J connectivity index is 1.54. The Morgan fingerprint density at radius 2 is 2.14 bits per heavy atom. The summed E-state index contributed by atoms with van der Waals surface area (Å²) in [5.74, 6) is 1.42. The standard InChI is InChI=1S/C17H22N4O/c18-17(8-4-9-17)16(22)21-10-3-5-12(11-21)15-19-13-6-1-2-7-14(13)20-15/h1-2,6-7,12H,3-5,8-11,18H2,(H,19,20). The van der Waals surface area contributed by atoms with E-state index in [9.17, 15) is 4.79 Å². The van der Waals surface area contributed by atoms with Crippen molar-refractivity contribution in [2.45, 2.75) is 43.6 Å². The van der Waals surface area contributed by atoms with Crippen LogP contribution in [-0.2, 0) is 4.79 Å². The lowest BCUT2D eigenvalue weighted by atomic mass is 9.76. The number of imidazole rings is 1. The number of aromatic nitrogens is 2. The summed E-state index contributed by atoms with van der Waals surface area (Å²) in [5.41, 5.74) is 7.68. The molecule has 2 aromatic rings. The fraction of sp³-hybridized carbons (Fsp3) is 0.529. The average Bonchev–Trinajstić information content (AvgIpc) is 2.96. The second kappa shape index (κ2) is 5.09. The molecule has 1 unspecified atom stereocenters. The molecule has 0 radical (unpaired) electrons. The van der Waals surface area contributed by atoms with Crippen LogP contribution in [0.1, 0.15) is 43.8 Å². The van der Waals surface area contributed by atoms with E-state index in [2.05, 4.69) is 4.98 Å². The van der Waals surface area contributed by atoms with Crippen LogP contribution in [0.2, 0.25) is 0 Å². The highest BCUT2D eigenvalue weighted by atomic mass is 16.2. The molecule has 1 saturated carbocycles. The number of carbonyl (C=O) groups excluding carboxylic acids is 1. The Morgan fingerprint density at radius 3 is 2.86 bits per heavy atom. The van der Waals surface area contributed by atoms with Gasteiger partial charge in [-0.25, -0.2) is 4.98 Å². The number of nitrogens with one attached hydrogen (secondary N) is 1. The van der Waals surface area contributed by atoms with Crippen LogP contribution in [0.4, 0.5) is 0 Å². The van der Waals surface area contributed by atoms with Crippen molar-refractivity contribution in [2.24, 2.45) is 5.73 Å². The molecule has 1 amide bonds. The van der Waals surface area contributed by atoms with Gasteiger partial charge in [-0.1, -0.05) is 12.1 Å². The van der Waals surface area contributed by atoms with Crippen LogP contribution in [-0.4, -0.2) is 39.4 Å². The van der Waals surface area contributed by atoms with Gasteiger partial charge in [-0.2, -0.15) is 0 Å². The van der Waals surface area contributed by atoms with Crippen LogP contribution in [0.5, 0.6) is 0 Å². The van der Waals surface area contributed by atoms with Crippen molar-refractivity contribution >= 4 is 16.9 Å². The Kier molecular flexibility index (Phi) is 3.18. The van der Waals surface area contributed by atoms with Crippen LogP contribution < -0.4 is 5.73 Å². The quantitative estimate of drug-likeness (QED) is 0.892. The summed E-state index contributed by atoms with van der Waals surface area (Å²) in [7, 11) is 0. The van der Waals surface area contributed by atoms with Gasteiger partial charge in [0.05, 0.1) is 16.6 Å². The zero-order chi connectivity index (χ0) is 15.2. The highest BCUT2D eigenvalue weighted by Crippen LogP contribution is 2.34. The molecule has 22 heavy (non-hydrogen) atoms. The molecule has 1 saturated heterocycles. The number of para-hydroxylation sites is 2. The minimum absolute atomic E-state index is 0.138. The molecule has 5 nitrogen and oxygen atoms in total. The van der Waals surface area contributed by atoms with E-state index in [0.717, 1.165) is 62.1 Å². The third-order valence-corrected chi connectivity index (χ3v) is 5.17. The molecule has 2 aliphatic rings. The van der Waals surface area contributed by atoms with E-state index in [0.29, 0.717) is 0 Å². The number of fused-ring (bicyclic) bond motifs is 1.